The molecule has 0 spiro atoms. The predicted octanol–water partition coefficient (Wildman–Crippen LogP) is 2.11. The average molecular weight is 169 g/mol. The highest BCUT2D eigenvalue weighted by Crippen LogP contribution is 2.04. The number of hydrogen-bond donors (Lipinski definition) is 1. The maximum absolute atomic E-state index is 10.6. The van der Waals surface area contributed by atoms with Crippen molar-refractivity contribution in [2.24, 2.45) is 5.92 Å². The summed E-state index contributed by atoms with van der Waals surface area (Å²) in [5.74, 6) is 0.637. The molecule has 1 unspecified atom stereocenters. The second kappa shape index (κ2) is 6.89. The summed E-state index contributed by atoms with van der Waals surface area (Å²) in [6.07, 6.45) is 6.47. The van der Waals surface area contributed by atoms with Gasteiger partial charge in [-0.3, -0.25) is 4.79 Å². The fraction of sp³-hybridized carbons (Fsp3) is 0.700. The molecule has 0 rings (SSSR count). The van der Waals surface area contributed by atoms with Gasteiger partial charge in [0, 0.05) is 13.5 Å². The molecular formula is C10H19NO. The quantitative estimate of drug-likeness (QED) is 0.627. The minimum Gasteiger partial charge on any atom is -0.356 e. The third-order valence-corrected chi connectivity index (χ3v) is 1.76. The lowest BCUT2D eigenvalue weighted by molar-refractivity contribution is -0.119. The maximum Gasteiger partial charge on any atom is 0.216 e. The standard InChI is InChI=1S/C10H19NO/c1-4-5-6-7-9(2)8-11-10(3)12/h4-5,9H,6-8H2,1-3H3,(H,11,12). The molecule has 0 aromatic carbocycles. The molecule has 1 atom stereocenters. The molecule has 70 valence electrons. The van der Waals surface area contributed by atoms with E-state index in [2.05, 4.69) is 24.4 Å². The molecule has 0 saturated carbocycles. The zero-order chi connectivity index (χ0) is 9.40. The predicted molar refractivity (Wildman–Crippen MR) is 51.9 cm³/mol. The van der Waals surface area contributed by atoms with Crippen LogP contribution in [0.3, 0.4) is 0 Å². The first kappa shape index (κ1) is 11.2. The second-order valence-corrected chi connectivity index (χ2v) is 3.19. The van der Waals surface area contributed by atoms with Crippen LogP contribution in [0, 0.1) is 5.92 Å². The molecule has 1 amide bonds. The van der Waals surface area contributed by atoms with E-state index in [4.69, 9.17) is 0 Å². The van der Waals surface area contributed by atoms with Crippen molar-refractivity contribution in [1.82, 2.24) is 5.32 Å². The van der Waals surface area contributed by atoms with Gasteiger partial charge in [-0.25, -0.2) is 0 Å². The molecule has 12 heavy (non-hydrogen) atoms. The molecule has 0 aromatic heterocycles. The Morgan fingerprint density at radius 3 is 2.75 bits per heavy atom. The van der Waals surface area contributed by atoms with Crippen molar-refractivity contribution in [1.29, 1.82) is 0 Å². The van der Waals surface area contributed by atoms with E-state index in [1.165, 1.54) is 0 Å². The van der Waals surface area contributed by atoms with Crippen molar-refractivity contribution in [3.05, 3.63) is 12.2 Å². The molecule has 2 nitrogen and oxygen atoms in total. The minimum absolute atomic E-state index is 0.0629. The van der Waals surface area contributed by atoms with Gasteiger partial charge >= 0.3 is 0 Å². The molecule has 0 heterocycles. The van der Waals surface area contributed by atoms with Gasteiger partial charge in [0.1, 0.15) is 0 Å². The van der Waals surface area contributed by atoms with Crippen LogP contribution in [0.5, 0.6) is 0 Å². The third kappa shape index (κ3) is 7.32. The zero-order valence-electron chi connectivity index (χ0n) is 8.26. The average Bonchev–Trinajstić information content (AvgIpc) is 2.01. The Hall–Kier alpha value is -0.790. The van der Waals surface area contributed by atoms with Gasteiger partial charge in [-0.2, -0.15) is 0 Å². The van der Waals surface area contributed by atoms with Crippen LogP contribution in [0.1, 0.15) is 33.6 Å². The summed E-state index contributed by atoms with van der Waals surface area (Å²) in [6, 6.07) is 0. The molecule has 2 heteroatoms. The van der Waals surface area contributed by atoms with E-state index in [1.54, 1.807) is 6.92 Å². The molecule has 1 N–H and O–H groups in total. The molecule has 0 aliphatic heterocycles. The maximum atomic E-state index is 10.6. The molecule has 0 bridgehead atoms. The number of hydrogen-bond acceptors (Lipinski definition) is 1. The summed E-state index contributed by atoms with van der Waals surface area (Å²) in [5.41, 5.74) is 0. The third-order valence-electron chi connectivity index (χ3n) is 1.76. The monoisotopic (exact) mass is 169 g/mol. The van der Waals surface area contributed by atoms with Crippen molar-refractivity contribution in [2.75, 3.05) is 6.54 Å². The first-order valence-corrected chi connectivity index (χ1v) is 4.52. The fourth-order valence-electron chi connectivity index (χ4n) is 0.967. The van der Waals surface area contributed by atoms with Crippen LogP contribution in [0.15, 0.2) is 12.2 Å². The van der Waals surface area contributed by atoms with Gasteiger partial charge in [-0.1, -0.05) is 19.1 Å². The normalized spacial score (nSPS) is 13.2. The van der Waals surface area contributed by atoms with Crippen molar-refractivity contribution in [3.8, 4) is 0 Å². The Balaban J connectivity index is 3.33. The van der Waals surface area contributed by atoms with Gasteiger partial charge in [0.25, 0.3) is 0 Å². The van der Waals surface area contributed by atoms with E-state index in [-0.39, 0.29) is 5.91 Å². The van der Waals surface area contributed by atoms with Crippen LogP contribution in [-0.4, -0.2) is 12.5 Å². The lowest BCUT2D eigenvalue weighted by atomic mass is 10.1. The number of allylic oxidation sites excluding steroid dienone is 2. The van der Waals surface area contributed by atoms with Crippen molar-refractivity contribution >= 4 is 5.91 Å². The number of carbonyl (C=O) groups is 1. The summed E-state index contributed by atoms with van der Waals surface area (Å²) in [6.45, 7) is 6.53. The largest absolute Gasteiger partial charge is 0.356 e. The smallest absolute Gasteiger partial charge is 0.216 e. The second-order valence-electron chi connectivity index (χ2n) is 3.19. The molecule has 0 aliphatic rings. The Kier molecular flexibility index (Phi) is 6.44. The van der Waals surface area contributed by atoms with Crippen molar-refractivity contribution < 1.29 is 4.79 Å². The van der Waals surface area contributed by atoms with E-state index in [0.29, 0.717) is 5.92 Å². The van der Waals surface area contributed by atoms with E-state index in [9.17, 15) is 4.79 Å². The Morgan fingerprint density at radius 1 is 1.58 bits per heavy atom. The summed E-state index contributed by atoms with van der Waals surface area (Å²) in [4.78, 5) is 10.6. The summed E-state index contributed by atoms with van der Waals surface area (Å²) >= 11 is 0. The zero-order valence-corrected chi connectivity index (χ0v) is 8.26. The van der Waals surface area contributed by atoms with Crippen LogP contribution in [-0.2, 0) is 4.79 Å². The molecule has 0 radical (unpaired) electrons. The van der Waals surface area contributed by atoms with Gasteiger partial charge < -0.3 is 5.32 Å². The van der Waals surface area contributed by atoms with Gasteiger partial charge in [0.2, 0.25) is 5.91 Å². The minimum atomic E-state index is 0.0629. The highest BCUT2D eigenvalue weighted by Gasteiger charge is 2.00. The number of nitrogens with one attached hydrogen (secondary N) is 1. The van der Waals surface area contributed by atoms with Gasteiger partial charge in [0.05, 0.1) is 0 Å². The molecule has 0 aliphatic carbocycles. The number of rotatable bonds is 5. The Morgan fingerprint density at radius 2 is 2.25 bits per heavy atom. The number of amides is 1. The molecule has 0 saturated heterocycles. The van der Waals surface area contributed by atoms with Crippen LogP contribution < -0.4 is 5.32 Å². The SMILES string of the molecule is CC=CCCC(C)CNC(C)=O. The van der Waals surface area contributed by atoms with Gasteiger partial charge in [-0.05, 0) is 25.7 Å². The lowest BCUT2D eigenvalue weighted by Crippen LogP contribution is -2.25. The molecule has 0 aromatic rings. The van der Waals surface area contributed by atoms with E-state index >= 15 is 0 Å². The van der Waals surface area contributed by atoms with Crippen molar-refractivity contribution in [2.45, 2.75) is 33.6 Å². The lowest BCUT2D eigenvalue weighted by Gasteiger charge is -2.09. The molecule has 0 fully saturated rings. The number of carbonyl (C=O) groups excluding carboxylic acids is 1. The van der Waals surface area contributed by atoms with Crippen LogP contribution in [0.4, 0.5) is 0 Å². The summed E-state index contributed by atoms with van der Waals surface area (Å²) in [7, 11) is 0. The van der Waals surface area contributed by atoms with Gasteiger partial charge in [0.15, 0.2) is 0 Å². The van der Waals surface area contributed by atoms with E-state index in [0.717, 1.165) is 19.4 Å². The van der Waals surface area contributed by atoms with Crippen LogP contribution >= 0.6 is 0 Å². The highest BCUT2D eigenvalue weighted by atomic mass is 16.1. The Bertz CT molecular complexity index is 152. The van der Waals surface area contributed by atoms with Crippen LogP contribution in [0.2, 0.25) is 0 Å². The van der Waals surface area contributed by atoms with E-state index in [1.807, 2.05) is 6.92 Å². The first-order valence-electron chi connectivity index (χ1n) is 4.52. The fourth-order valence-corrected chi connectivity index (χ4v) is 0.967. The topological polar surface area (TPSA) is 29.1 Å². The Labute approximate surface area is 75.0 Å². The van der Waals surface area contributed by atoms with Crippen molar-refractivity contribution in [3.63, 3.8) is 0 Å². The summed E-state index contributed by atoms with van der Waals surface area (Å²) in [5, 5.41) is 2.81. The van der Waals surface area contributed by atoms with E-state index < -0.39 is 0 Å². The van der Waals surface area contributed by atoms with Crippen LogP contribution in [0.25, 0.3) is 0 Å². The van der Waals surface area contributed by atoms with Gasteiger partial charge in [-0.15, -0.1) is 0 Å². The molecular weight excluding hydrogens is 150 g/mol. The first-order chi connectivity index (χ1) is 5.66. The highest BCUT2D eigenvalue weighted by molar-refractivity contribution is 5.72. The summed E-state index contributed by atoms with van der Waals surface area (Å²) < 4.78 is 0.